The SMILES string of the molecule is Cc1cc(O)cc(C)c1C[C@H](N)C(=O)N[C@H](C)C(=O)N[C@@H](Cc1ccccc1)C(=O)NCC(=O)O. The van der Waals surface area contributed by atoms with Gasteiger partial charge in [-0.15, -0.1) is 0 Å². The summed E-state index contributed by atoms with van der Waals surface area (Å²) in [7, 11) is 0. The number of aliphatic carboxylic acids is 1. The predicted molar refractivity (Wildman–Crippen MR) is 130 cm³/mol. The lowest BCUT2D eigenvalue weighted by Gasteiger charge is -2.22. The molecule has 35 heavy (non-hydrogen) atoms. The zero-order valence-corrected chi connectivity index (χ0v) is 20.0. The first-order valence-corrected chi connectivity index (χ1v) is 11.2. The van der Waals surface area contributed by atoms with Gasteiger partial charge >= 0.3 is 5.97 Å². The molecule has 0 unspecified atom stereocenters. The van der Waals surface area contributed by atoms with Crippen molar-refractivity contribution in [1.29, 1.82) is 0 Å². The van der Waals surface area contributed by atoms with Crippen LogP contribution in [-0.2, 0) is 32.0 Å². The Morgan fingerprint density at radius 3 is 2.09 bits per heavy atom. The molecule has 3 amide bonds. The van der Waals surface area contributed by atoms with Gasteiger partial charge in [0.2, 0.25) is 17.7 Å². The van der Waals surface area contributed by atoms with Crippen molar-refractivity contribution in [1.82, 2.24) is 16.0 Å². The predicted octanol–water partition coefficient (Wildman–Crippen LogP) is 0.312. The average molecular weight is 485 g/mol. The second-order valence-electron chi connectivity index (χ2n) is 8.46. The third-order valence-corrected chi connectivity index (χ3v) is 5.52. The van der Waals surface area contributed by atoms with Crippen LogP contribution in [0.2, 0.25) is 0 Å². The maximum atomic E-state index is 12.8. The molecule has 0 fully saturated rings. The van der Waals surface area contributed by atoms with Gasteiger partial charge in [-0.3, -0.25) is 19.2 Å². The lowest BCUT2D eigenvalue weighted by atomic mass is 9.96. The first kappa shape index (κ1) is 27.3. The van der Waals surface area contributed by atoms with Crippen molar-refractivity contribution in [3.05, 3.63) is 64.7 Å². The number of amides is 3. The van der Waals surface area contributed by atoms with Crippen molar-refractivity contribution < 1.29 is 29.4 Å². The summed E-state index contributed by atoms with van der Waals surface area (Å²) < 4.78 is 0. The van der Waals surface area contributed by atoms with Gasteiger partial charge in [-0.1, -0.05) is 30.3 Å². The Morgan fingerprint density at radius 2 is 1.51 bits per heavy atom. The number of hydrogen-bond donors (Lipinski definition) is 6. The van der Waals surface area contributed by atoms with Gasteiger partial charge in [0.25, 0.3) is 0 Å². The van der Waals surface area contributed by atoms with Crippen LogP contribution in [0.4, 0.5) is 0 Å². The topological polar surface area (TPSA) is 171 Å². The molecule has 0 spiro atoms. The summed E-state index contributed by atoms with van der Waals surface area (Å²) in [4.78, 5) is 48.7. The van der Waals surface area contributed by atoms with E-state index in [4.69, 9.17) is 10.8 Å². The summed E-state index contributed by atoms with van der Waals surface area (Å²) in [6, 6.07) is 9.13. The molecule has 0 aromatic heterocycles. The van der Waals surface area contributed by atoms with Crippen molar-refractivity contribution in [2.75, 3.05) is 6.54 Å². The lowest BCUT2D eigenvalue weighted by Crippen LogP contribution is -2.55. The minimum absolute atomic E-state index is 0.129. The fraction of sp³-hybridized carbons (Fsp3) is 0.360. The van der Waals surface area contributed by atoms with Crippen LogP contribution in [0.15, 0.2) is 42.5 Å². The van der Waals surface area contributed by atoms with E-state index in [1.54, 1.807) is 36.4 Å². The van der Waals surface area contributed by atoms with Gasteiger partial charge in [-0.05, 0) is 61.6 Å². The average Bonchev–Trinajstić information content (AvgIpc) is 2.79. The first-order valence-electron chi connectivity index (χ1n) is 11.2. The number of aromatic hydroxyl groups is 1. The minimum Gasteiger partial charge on any atom is -0.508 e. The number of carboxylic acid groups (broad SMARTS) is 1. The van der Waals surface area contributed by atoms with Crippen molar-refractivity contribution in [2.45, 2.75) is 51.7 Å². The Labute approximate surface area is 203 Å². The molecule has 2 aromatic carbocycles. The number of benzene rings is 2. The van der Waals surface area contributed by atoms with Crippen LogP contribution in [-0.4, -0.2) is 58.6 Å². The molecule has 3 atom stereocenters. The van der Waals surface area contributed by atoms with Gasteiger partial charge in [-0.2, -0.15) is 0 Å². The van der Waals surface area contributed by atoms with Crippen LogP contribution in [0.1, 0.15) is 29.2 Å². The van der Waals surface area contributed by atoms with Crippen LogP contribution in [0.5, 0.6) is 5.75 Å². The highest BCUT2D eigenvalue weighted by Crippen LogP contribution is 2.21. The molecule has 0 bridgehead atoms. The fourth-order valence-corrected chi connectivity index (χ4v) is 3.63. The zero-order valence-electron chi connectivity index (χ0n) is 20.0. The lowest BCUT2D eigenvalue weighted by molar-refractivity contribution is -0.138. The highest BCUT2D eigenvalue weighted by atomic mass is 16.4. The fourth-order valence-electron chi connectivity index (χ4n) is 3.63. The number of aryl methyl sites for hydroxylation is 2. The number of carbonyl (C=O) groups is 4. The zero-order chi connectivity index (χ0) is 26.1. The molecule has 0 saturated heterocycles. The van der Waals surface area contributed by atoms with Crippen LogP contribution in [0.25, 0.3) is 0 Å². The van der Waals surface area contributed by atoms with Crippen LogP contribution >= 0.6 is 0 Å². The van der Waals surface area contributed by atoms with E-state index in [-0.39, 0.29) is 18.6 Å². The summed E-state index contributed by atoms with van der Waals surface area (Å²) >= 11 is 0. The molecule has 2 aromatic rings. The number of nitrogens with two attached hydrogens (primary N) is 1. The Morgan fingerprint density at radius 1 is 0.914 bits per heavy atom. The summed E-state index contributed by atoms with van der Waals surface area (Å²) in [6.45, 7) is 4.50. The number of carboxylic acids is 1. The number of carbonyl (C=O) groups excluding carboxylic acids is 3. The second-order valence-corrected chi connectivity index (χ2v) is 8.46. The number of nitrogens with one attached hydrogen (secondary N) is 3. The highest BCUT2D eigenvalue weighted by molar-refractivity contribution is 5.93. The van der Waals surface area contributed by atoms with E-state index >= 15 is 0 Å². The summed E-state index contributed by atoms with van der Waals surface area (Å²) in [5, 5.41) is 25.9. The normalized spacial score (nSPS) is 13.3. The molecule has 7 N–H and O–H groups in total. The van der Waals surface area contributed by atoms with E-state index in [0.717, 1.165) is 22.3 Å². The maximum Gasteiger partial charge on any atom is 0.322 e. The standard InChI is InChI=1S/C25H32N4O6/c1-14-9-18(30)10-15(2)19(14)12-20(26)24(34)28-16(3)23(33)29-21(25(35)27-13-22(31)32)11-17-7-5-4-6-8-17/h4-10,16,20-21,30H,11-13,26H2,1-3H3,(H,27,35)(H,28,34)(H,29,33)(H,31,32)/t16-,20+,21+/m1/s1. The van der Waals surface area contributed by atoms with Crippen molar-refractivity contribution in [3.8, 4) is 5.75 Å². The largest absolute Gasteiger partial charge is 0.508 e. The molecular weight excluding hydrogens is 452 g/mol. The maximum absolute atomic E-state index is 12.8. The third kappa shape index (κ3) is 8.42. The van der Waals surface area contributed by atoms with E-state index < -0.39 is 48.4 Å². The quantitative estimate of drug-likeness (QED) is 0.266. The Kier molecular flexibility index (Phi) is 9.77. The van der Waals surface area contributed by atoms with Gasteiger partial charge in [0.1, 0.15) is 24.4 Å². The molecule has 0 aliphatic heterocycles. The van der Waals surface area contributed by atoms with Crippen LogP contribution in [0.3, 0.4) is 0 Å². The van der Waals surface area contributed by atoms with Gasteiger partial charge in [0.15, 0.2) is 0 Å². The van der Waals surface area contributed by atoms with Crippen molar-refractivity contribution in [2.24, 2.45) is 5.73 Å². The summed E-state index contributed by atoms with van der Waals surface area (Å²) in [5.41, 5.74) is 9.26. The Hall–Kier alpha value is -3.92. The molecule has 0 saturated carbocycles. The van der Waals surface area contributed by atoms with Gasteiger partial charge in [-0.25, -0.2) is 0 Å². The molecule has 188 valence electrons. The van der Waals surface area contributed by atoms with Gasteiger partial charge in [0, 0.05) is 6.42 Å². The van der Waals surface area contributed by atoms with Gasteiger partial charge < -0.3 is 31.9 Å². The molecule has 0 heterocycles. The van der Waals surface area contributed by atoms with E-state index in [1.165, 1.54) is 6.92 Å². The molecular formula is C25H32N4O6. The molecule has 10 nitrogen and oxygen atoms in total. The number of hydrogen-bond acceptors (Lipinski definition) is 6. The molecule has 0 radical (unpaired) electrons. The molecule has 2 rings (SSSR count). The Balaban J connectivity index is 2.02. The minimum atomic E-state index is -1.21. The number of phenolic OH excluding ortho intramolecular Hbond substituents is 1. The van der Waals surface area contributed by atoms with Crippen molar-refractivity contribution in [3.63, 3.8) is 0 Å². The second kappa shape index (κ2) is 12.5. The van der Waals surface area contributed by atoms with E-state index in [9.17, 15) is 24.3 Å². The van der Waals surface area contributed by atoms with Gasteiger partial charge in [0.05, 0.1) is 6.04 Å². The smallest absolute Gasteiger partial charge is 0.322 e. The van der Waals surface area contributed by atoms with Crippen LogP contribution in [0, 0.1) is 13.8 Å². The molecule has 10 heteroatoms. The Bertz CT molecular complexity index is 1050. The summed E-state index contributed by atoms with van der Waals surface area (Å²) in [6.07, 6.45) is 0.351. The van der Waals surface area contributed by atoms with Crippen LogP contribution < -0.4 is 21.7 Å². The number of phenols is 1. The summed E-state index contributed by atoms with van der Waals surface area (Å²) in [5.74, 6) is -2.90. The van der Waals surface area contributed by atoms with E-state index in [0.29, 0.717) is 0 Å². The van der Waals surface area contributed by atoms with Crippen molar-refractivity contribution >= 4 is 23.7 Å². The monoisotopic (exact) mass is 484 g/mol. The third-order valence-electron chi connectivity index (χ3n) is 5.52. The first-order chi connectivity index (χ1) is 16.5. The number of rotatable bonds is 11. The van der Waals surface area contributed by atoms with E-state index in [1.807, 2.05) is 19.9 Å². The van der Waals surface area contributed by atoms with E-state index in [2.05, 4.69) is 16.0 Å². The molecule has 0 aliphatic rings. The molecule has 0 aliphatic carbocycles. The highest BCUT2D eigenvalue weighted by Gasteiger charge is 2.26.